The Morgan fingerprint density at radius 2 is 2.40 bits per heavy atom. The summed E-state index contributed by atoms with van der Waals surface area (Å²) in [5.74, 6) is 0.000495. The molecule has 0 N–H and O–H groups in total. The van der Waals surface area contributed by atoms with E-state index in [2.05, 4.69) is 6.58 Å². The zero-order valence-corrected chi connectivity index (χ0v) is 8.22. The first-order valence-electron chi connectivity index (χ1n) is 5.22. The molecule has 5 unspecified atom stereocenters. The highest BCUT2D eigenvalue weighted by molar-refractivity contribution is 5.86. The van der Waals surface area contributed by atoms with Gasteiger partial charge in [0.15, 0.2) is 0 Å². The van der Waals surface area contributed by atoms with Gasteiger partial charge in [-0.25, -0.2) is 4.79 Å². The molecule has 0 aromatic rings. The van der Waals surface area contributed by atoms with Crippen molar-refractivity contribution < 1.29 is 19.1 Å². The van der Waals surface area contributed by atoms with E-state index >= 15 is 0 Å². The molecule has 0 aromatic carbocycles. The second-order valence-electron chi connectivity index (χ2n) is 4.42. The van der Waals surface area contributed by atoms with Gasteiger partial charge in [-0.3, -0.25) is 4.79 Å². The number of hydrogen-bond acceptors (Lipinski definition) is 4. The molecule has 1 saturated carbocycles. The molecule has 3 rings (SSSR count). The van der Waals surface area contributed by atoms with Crippen molar-refractivity contribution in [2.24, 2.45) is 11.8 Å². The summed E-state index contributed by atoms with van der Waals surface area (Å²) in [6, 6.07) is 0. The van der Waals surface area contributed by atoms with E-state index in [4.69, 9.17) is 9.47 Å². The molecule has 1 aliphatic carbocycles. The summed E-state index contributed by atoms with van der Waals surface area (Å²) in [5.41, 5.74) is 0. The third-order valence-electron chi connectivity index (χ3n) is 3.69. The van der Waals surface area contributed by atoms with E-state index in [1.807, 2.05) is 0 Å². The maximum absolute atomic E-state index is 11.6. The molecule has 0 spiro atoms. The number of fused-ring (bicyclic) bond motifs is 1. The molecule has 15 heavy (non-hydrogen) atoms. The Balaban J connectivity index is 1.80. The van der Waals surface area contributed by atoms with Gasteiger partial charge in [0.2, 0.25) is 0 Å². The fourth-order valence-corrected chi connectivity index (χ4v) is 3.09. The molecule has 80 valence electrons. The van der Waals surface area contributed by atoms with Gasteiger partial charge in [-0.15, -0.1) is 0 Å². The van der Waals surface area contributed by atoms with Gasteiger partial charge < -0.3 is 9.47 Å². The smallest absolute Gasteiger partial charge is 0.330 e. The molecular formula is C11H12O4. The first-order chi connectivity index (χ1) is 7.20. The average Bonchev–Trinajstić information content (AvgIpc) is 2.81. The predicted molar refractivity (Wildman–Crippen MR) is 50.0 cm³/mol. The Bertz CT molecular complexity index is 348. The summed E-state index contributed by atoms with van der Waals surface area (Å²) >= 11 is 0. The minimum absolute atomic E-state index is 0.00474. The van der Waals surface area contributed by atoms with Gasteiger partial charge in [0.1, 0.15) is 11.9 Å². The lowest BCUT2D eigenvalue weighted by molar-refractivity contribution is -0.147. The van der Waals surface area contributed by atoms with E-state index in [9.17, 15) is 9.59 Å². The Morgan fingerprint density at radius 3 is 3.13 bits per heavy atom. The van der Waals surface area contributed by atoms with Crippen molar-refractivity contribution in [2.45, 2.75) is 31.2 Å². The molecule has 3 aliphatic rings. The molecular weight excluding hydrogens is 196 g/mol. The summed E-state index contributed by atoms with van der Waals surface area (Å²) in [4.78, 5) is 22.7. The van der Waals surface area contributed by atoms with Crippen LogP contribution in [0.15, 0.2) is 12.7 Å². The van der Waals surface area contributed by atoms with E-state index < -0.39 is 5.97 Å². The Morgan fingerprint density at radius 1 is 1.60 bits per heavy atom. The van der Waals surface area contributed by atoms with Gasteiger partial charge in [-0.1, -0.05) is 6.58 Å². The molecule has 5 atom stereocenters. The number of ether oxygens (including phenoxy) is 2. The van der Waals surface area contributed by atoms with Crippen molar-refractivity contribution in [1.29, 1.82) is 0 Å². The van der Waals surface area contributed by atoms with E-state index in [1.54, 1.807) is 0 Å². The van der Waals surface area contributed by atoms with Crippen LogP contribution in [0.2, 0.25) is 0 Å². The normalized spacial score (nSPS) is 45.9. The number of carbonyl (C=O) groups excluding carboxylic acids is 2. The van der Waals surface area contributed by atoms with Crippen molar-refractivity contribution in [1.82, 2.24) is 0 Å². The van der Waals surface area contributed by atoms with Crippen LogP contribution in [0, 0.1) is 11.8 Å². The summed E-state index contributed by atoms with van der Waals surface area (Å²) in [6.45, 7) is 3.36. The molecule has 4 heteroatoms. The highest BCUT2D eigenvalue weighted by Gasteiger charge is 2.62. The predicted octanol–water partition coefficient (Wildman–Crippen LogP) is 0.460. The maximum Gasteiger partial charge on any atom is 0.330 e. The quantitative estimate of drug-likeness (QED) is 0.488. The van der Waals surface area contributed by atoms with Gasteiger partial charge >= 0.3 is 5.97 Å². The van der Waals surface area contributed by atoms with Crippen LogP contribution >= 0.6 is 0 Å². The number of rotatable bonds is 2. The van der Waals surface area contributed by atoms with Crippen LogP contribution < -0.4 is 0 Å². The summed E-state index contributed by atoms with van der Waals surface area (Å²) < 4.78 is 10.9. The lowest BCUT2D eigenvalue weighted by Crippen LogP contribution is -2.35. The monoisotopic (exact) mass is 208 g/mol. The molecule has 2 saturated heterocycles. The SMILES string of the molecule is C=CC(=O)OC1C2CC3C(=O)CC1C3O2. The van der Waals surface area contributed by atoms with Crippen LogP contribution in [-0.4, -0.2) is 30.1 Å². The maximum atomic E-state index is 11.6. The number of carbonyl (C=O) groups is 2. The zero-order chi connectivity index (χ0) is 10.6. The largest absolute Gasteiger partial charge is 0.456 e. The minimum atomic E-state index is -0.424. The number of Topliss-reactive ketones (excluding diaryl/α,β-unsaturated/α-hetero) is 1. The van der Waals surface area contributed by atoms with Gasteiger partial charge in [0.25, 0.3) is 0 Å². The third-order valence-corrected chi connectivity index (χ3v) is 3.69. The number of esters is 1. The standard InChI is InChI=1S/C11H12O4/c1-2-9(13)15-11-6-3-7(12)5-4-8(11)14-10(5)6/h2,5-6,8,10-11H,1,3-4H2. The summed E-state index contributed by atoms with van der Waals surface area (Å²) in [5, 5.41) is 0. The third kappa shape index (κ3) is 1.11. The number of ketones is 1. The molecule has 3 fully saturated rings. The lowest BCUT2D eigenvalue weighted by atomic mass is 9.86. The lowest BCUT2D eigenvalue weighted by Gasteiger charge is -2.23. The molecule has 2 bridgehead atoms. The topological polar surface area (TPSA) is 52.6 Å². The van der Waals surface area contributed by atoms with Crippen molar-refractivity contribution in [3.05, 3.63) is 12.7 Å². The van der Waals surface area contributed by atoms with Crippen molar-refractivity contribution in [3.63, 3.8) is 0 Å². The molecule has 4 nitrogen and oxygen atoms in total. The van der Waals surface area contributed by atoms with Crippen molar-refractivity contribution in [3.8, 4) is 0 Å². The van der Waals surface area contributed by atoms with Gasteiger partial charge in [-0.05, 0) is 6.42 Å². The van der Waals surface area contributed by atoms with Crippen LogP contribution in [0.4, 0.5) is 0 Å². The van der Waals surface area contributed by atoms with Gasteiger partial charge in [0.05, 0.1) is 12.2 Å². The Kier molecular flexibility index (Phi) is 1.77. The first kappa shape index (κ1) is 9.09. The Hall–Kier alpha value is -1.16. The molecule has 0 amide bonds. The van der Waals surface area contributed by atoms with Crippen LogP contribution in [0.1, 0.15) is 12.8 Å². The Labute approximate surface area is 87.2 Å². The van der Waals surface area contributed by atoms with Crippen LogP contribution in [0.5, 0.6) is 0 Å². The van der Waals surface area contributed by atoms with E-state index in [-0.39, 0.29) is 35.9 Å². The number of hydrogen-bond donors (Lipinski definition) is 0. The van der Waals surface area contributed by atoms with E-state index in [1.165, 1.54) is 0 Å². The second-order valence-corrected chi connectivity index (χ2v) is 4.42. The van der Waals surface area contributed by atoms with Crippen LogP contribution in [0.3, 0.4) is 0 Å². The summed E-state index contributed by atoms with van der Waals surface area (Å²) in [7, 11) is 0. The van der Waals surface area contributed by atoms with Crippen molar-refractivity contribution in [2.75, 3.05) is 0 Å². The summed E-state index contributed by atoms with van der Waals surface area (Å²) in [6.07, 6.45) is 2.07. The minimum Gasteiger partial charge on any atom is -0.456 e. The fourth-order valence-electron chi connectivity index (χ4n) is 3.09. The first-order valence-corrected chi connectivity index (χ1v) is 5.22. The second kappa shape index (κ2) is 2.92. The van der Waals surface area contributed by atoms with Crippen molar-refractivity contribution >= 4 is 11.8 Å². The van der Waals surface area contributed by atoms with Gasteiger partial charge in [-0.2, -0.15) is 0 Å². The fraction of sp³-hybridized carbons (Fsp3) is 0.636. The zero-order valence-electron chi connectivity index (χ0n) is 8.22. The van der Waals surface area contributed by atoms with E-state index in [0.29, 0.717) is 6.42 Å². The molecule has 0 aromatic heterocycles. The molecule has 0 radical (unpaired) electrons. The average molecular weight is 208 g/mol. The van der Waals surface area contributed by atoms with Crippen LogP contribution in [0.25, 0.3) is 0 Å². The molecule has 2 heterocycles. The molecule has 2 aliphatic heterocycles. The highest BCUT2D eigenvalue weighted by Crippen LogP contribution is 2.51. The van der Waals surface area contributed by atoms with Gasteiger partial charge in [0, 0.05) is 24.3 Å². The van der Waals surface area contributed by atoms with E-state index in [0.717, 1.165) is 12.5 Å². The van der Waals surface area contributed by atoms with Crippen LogP contribution in [-0.2, 0) is 19.1 Å². The highest BCUT2D eigenvalue weighted by atomic mass is 16.6.